The third-order valence-corrected chi connectivity index (χ3v) is 8.51. The summed E-state index contributed by atoms with van der Waals surface area (Å²) in [6.07, 6.45) is 6.02. The highest BCUT2D eigenvalue weighted by Gasteiger charge is 2.48. The number of aliphatic hydroxyl groups excluding tert-OH is 2. The highest BCUT2D eigenvalue weighted by Crippen LogP contribution is 2.44. The second kappa shape index (κ2) is 16.1. The quantitative estimate of drug-likeness (QED) is 0.125. The van der Waals surface area contributed by atoms with Crippen LogP contribution in [0.5, 0.6) is 0 Å². The molecule has 0 aliphatic heterocycles. The minimum atomic E-state index is -0.917. The summed E-state index contributed by atoms with van der Waals surface area (Å²) < 4.78 is 9.84. The van der Waals surface area contributed by atoms with Gasteiger partial charge in [0.1, 0.15) is 23.4 Å². The molecule has 2 atom stereocenters. The summed E-state index contributed by atoms with van der Waals surface area (Å²) in [5.41, 5.74) is -0.126. The van der Waals surface area contributed by atoms with E-state index in [0.717, 1.165) is 38.5 Å². The number of nitrogens with zero attached hydrogens (tertiary/aromatic N) is 2. The lowest BCUT2D eigenvalue weighted by Crippen LogP contribution is -2.41. The summed E-state index contributed by atoms with van der Waals surface area (Å²) in [4.78, 5) is 60.4. The van der Waals surface area contributed by atoms with Gasteiger partial charge in [-0.15, -0.1) is 0 Å². The molecule has 0 saturated carbocycles. The Morgan fingerprint density at radius 1 is 0.705 bits per heavy atom. The van der Waals surface area contributed by atoms with E-state index in [2.05, 4.69) is 9.98 Å². The first kappa shape index (κ1) is 36.9. The Hall–Kier alpha value is -3.30. The molecule has 0 saturated heterocycles. The van der Waals surface area contributed by atoms with Crippen LogP contribution in [0.25, 0.3) is 0 Å². The molecule has 0 radical (unpaired) electrons. The number of aliphatic hydroxyl groups is 2. The molecule has 0 amide bonds. The van der Waals surface area contributed by atoms with Crippen molar-refractivity contribution in [2.75, 3.05) is 27.3 Å². The molecule has 2 aliphatic carbocycles. The number of esters is 2. The molecule has 2 rings (SSSR count). The molecule has 0 fully saturated rings. The van der Waals surface area contributed by atoms with Crippen LogP contribution in [0.2, 0.25) is 0 Å². The third-order valence-electron chi connectivity index (χ3n) is 8.51. The number of aliphatic imine (C=N–C) groups is 2. The van der Waals surface area contributed by atoms with Gasteiger partial charge in [0.15, 0.2) is 11.6 Å². The third kappa shape index (κ3) is 8.66. The number of Topliss-reactive ketones (excluding diaryl/α,β-unsaturated/α-hetero) is 2. The second-order valence-electron chi connectivity index (χ2n) is 13.2. The van der Waals surface area contributed by atoms with Crippen molar-refractivity contribution in [2.24, 2.45) is 32.7 Å². The van der Waals surface area contributed by atoms with Crippen molar-refractivity contribution in [2.45, 2.75) is 106 Å². The summed E-state index contributed by atoms with van der Waals surface area (Å²) in [6.45, 7) is 12.0. The van der Waals surface area contributed by atoms with Gasteiger partial charge in [-0.25, -0.2) is 0 Å². The Balaban J connectivity index is 2.07. The number of carbonyl (C=O) groups is 4. The highest BCUT2D eigenvalue weighted by molar-refractivity contribution is 6.24. The van der Waals surface area contributed by atoms with Gasteiger partial charge in [-0.05, 0) is 36.5 Å². The Bertz CT molecular complexity index is 1130. The number of unbranched alkanes of at least 4 members (excludes halogenated alkanes) is 3. The van der Waals surface area contributed by atoms with Crippen LogP contribution in [0.4, 0.5) is 0 Å². The Labute approximate surface area is 262 Å². The highest BCUT2D eigenvalue weighted by atomic mass is 16.5. The molecular formula is C34H52N2O8. The van der Waals surface area contributed by atoms with Gasteiger partial charge in [-0.1, -0.05) is 67.2 Å². The first-order valence-electron chi connectivity index (χ1n) is 15.8. The van der Waals surface area contributed by atoms with Gasteiger partial charge in [0, 0.05) is 37.4 Å². The maximum atomic E-state index is 13.0. The first-order chi connectivity index (χ1) is 20.7. The van der Waals surface area contributed by atoms with Gasteiger partial charge in [0.25, 0.3) is 0 Å². The Morgan fingerprint density at radius 3 is 1.34 bits per heavy atom. The lowest BCUT2D eigenvalue weighted by molar-refractivity contribution is -0.151. The van der Waals surface area contributed by atoms with E-state index in [1.54, 1.807) is 27.7 Å². The van der Waals surface area contributed by atoms with Gasteiger partial charge in [-0.3, -0.25) is 29.2 Å². The number of ketones is 2. The Kier molecular flexibility index (Phi) is 13.5. The van der Waals surface area contributed by atoms with Crippen molar-refractivity contribution < 1.29 is 38.9 Å². The fourth-order valence-electron chi connectivity index (χ4n) is 6.28. The van der Waals surface area contributed by atoms with Crippen LogP contribution in [-0.4, -0.2) is 72.5 Å². The summed E-state index contributed by atoms with van der Waals surface area (Å²) in [5.74, 6) is -3.87. The predicted octanol–water partition coefficient (Wildman–Crippen LogP) is 6.23. The summed E-state index contributed by atoms with van der Waals surface area (Å²) in [5, 5.41) is 22.0. The van der Waals surface area contributed by atoms with E-state index >= 15 is 0 Å². The minimum absolute atomic E-state index is 0.122. The normalized spacial score (nSPS) is 22.4. The van der Waals surface area contributed by atoms with Crippen LogP contribution >= 0.6 is 0 Å². The van der Waals surface area contributed by atoms with E-state index in [1.165, 1.54) is 14.2 Å². The van der Waals surface area contributed by atoms with Crippen molar-refractivity contribution in [3.05, 3.63) is 22.7 Å². The molecular weight excluding hydrogens is 564 g/mol. The Morgan fingerprint density at radius 2 is 1.05 bits per heavy atom. The first-order valence-corrected chi connectivity index (χ1v) is 15.8. The van der Waals surface area contributed by atoms with Crippen molar-refractivity contribution in [1.82, 2.24) is 0 Å². The zero-order valence-electron chi connectivity index (χ0n) is 27.9. The molecule has 10 nitrogen and oxygen atoms in total. The van der Waals surface area contributed by atoms with Crippen LogP contribution in [0, 0.1) is 22.7 Å². The molecule has 44 heavy (non-hydrogen) atoms. The summed E-state index contributed by atoms with van der Waals surface area (Å²) >= 11 is 0. The average Bonchev–Trinajstić information content (AvgIpc) is 2.92. The second-order valence-corrected chi connectivity index (χ2v) is 13.2. The summed E-state index contributed by atoms with van der Waals surface area (Å²) in [6, 6.07) is 0. The van der Waals surface area contributed by atoms with Crippen LogP contribution in [-0.2, 0) is 28.7 Å². The lowest BCUT2D eigenvalue weighted by Gasteiger charge is -2.36. The molecule has 10 heteroatoms. The maximum absolute atomic E-state index is 13.0. The zero-order valence-corrected chi connectivity index (χ0v) is 27.9. The maximum Gasteiger partial charge on any atom is 0.316 e. The van der Waals surface area contributed by atoms with E-state index in [4.69, 9.17) is 9.47 Å². The SMILES string of the molecule is CCCC(=NCCCCCCN=C(CCC)C1=C(O)[C@H](C(=O)OC)C(C)(C)CC1=O)C1=C(O)[C@@H](C(=O)OC)C(C)(C)CC1=O. The topological polar surface area (TPSA) is 152 Å². The molecule has 246 valence electrons. The predicted molar refractivity (Wildman–Crippen MR) is 170 cm³/mol. The van der Waals surface area contributed by atoms with E-state index in [0.29, 0.717) is 37.4 Å². The van der Waals surface area contributed by atoms with Gasteiger partial charge < -0.3 is 19.7 Å². The van der Waals surface area contributed by atoms with Crippen molar-refractivity contribution >= 4 is 34.9 Å². The largest absolute Gasteiger partial charge is 0.511 e. The standard InChI is InChI=1S/C34H52N2O8/c1-9-15-21(25-23(37)19-33(3,4)27(29(25)39)31(41)43-7)35-17-13-11-12-14-18-36-22(16-10-2)26-24(38)20-34(5,6)28(30(26)40)32(42)44-8/h27-28,39-40H,9-20H2,1-8H3/t27-,28+. The number of hydrogen-bond donors (Lipinski definition) is 2. The molecule has 0 aromatic heterocycles. The molecule has 0 aromatic rings. The molecule has 2 N–H and O–H groups in total. The number of methoxy groups -OCH3 is 2. The van der Waals surface area contributed by atoms with E-state index in [1.807, 2.05) is 13.8 Å². The van der Waals surface area contributed by atoms with Crippen molar-refractivity contribution in [3.8, 4) is 0 Å². The van der Waals surface area contributed by atoms with Crippen LogP contribution in [0.3, 0.4) is 0 Å². The summed E-state index contributed by atoms with van der Waals surface area (Å²) in [7, 11) is 2.55. The van der Waals surface area contributed by atoms with Gasteiger partial charge in [0.2, 0.25) is 0 Å². The van der Waals surface area contributed by atoms with Gasteiger partial charge >= 0.3 is 11.9 Å². The van der Waals surface area contributed by atoms with E-state index < -0.39 is 34.6 Å². The fourth-order valence-corrected chi connectivity index (χ4v) is 6.28. The van der Waals surface area contributed by atoms with E-state index in [-0.39, 0.29) is 47.1 Å². The number of carbonyl (C=O) groups excluding carboxylic acids is 4. The van der Waals surface area contributed by atoms with Crippen LogP contribution in [0.1, 0.15) is 106 Å². The number of hydrogen-bond acceptors (Lipinski definition) is 10. The van der Waals surface area contributed by atoms with Crippen molar-refractivity contribution in [3.63, 3.8) is 0 Å². The number of ether oxygens (including phenoxy) is 2. The number of allylic oxidation sites excluding steroid dienone is 2. The number of rotatable bonds is 15. The molecule has 0 aromatic carbocycles. The molecule has 2 aliphatic rings. The van der Waals surface area contributed by atoms with Gasteiger partial charge in [0.05, 0.1) is 25.4 Å². The van der Waals surface area contributed by atoms with Crippen molar-refractivity contribution in [1.29, 1.82) is 0 Å². The molecule has 0 unspecified atom stereocenters. The zero-order chi connectivity index (χ0) is 33.2. The molecule has 0 heterocycles. The van der Waals surface area contributed by atoms with Gasteiger partial charge in [-0.2, -0.15) is 0 Å². The van der Waals surface area contributed by atoms with Crippen LogP contribution in [0.15, 0.2) is 32.6 Å². The smallest absolute Gasteiger partial charge is 0.316 e. The fraction of sp³-hybridized carbons (Fsp3) is 0.706. The molecule has 0 bridgehead atoms. The molecule has 0 spiro atoms. The average molecular weight is 617 g/mol. The minimum Gasteiger partial charge on any atom is -0.511 e. The van der Waals surface area contributed by atoms with Crippen LogP contribution < -0.4 is 0 Å². The monoisotopic (exact) mass is 616 g/mol. The van der Waals surface area contributed by atoms with E-state index in [9.17, 15) is 29.4 Å². The lowest BCUT2D eigenvalue weighted by atomic mass is 9.67.